The van der Waals surface area contributed by atoms with Gasteiger partial charge in [0.15, 0.2) is 0 Å². The molecule has 0 aliphatic rings. The standard InChI is InChI=1S/C17H25NO/c1-6-7-14(4)18-15(5)16-8-10-17(11-9-16)19-12-13(2)3/h1,8-11,13-15,18H,7,12H2,2-5H3. The highest BCUT2D eigenvalue weighted by Crippen LogP contribution is 2.18. The van der Waals surface area contributed by atoms with E-state index in [0.717, 1.165) is 18.8 Å². The third kappa shape index (κ3) is 5.81. The van der Waals surface area contributed by atoms with Gasteiger partial charge < -0.3 is 10.1 Å². The van der Waals surface area contributed by atoms with Crippen LogP contribution in [0.25, 0.3) is 0 Å². The van der Waals surface area contributed by atoms with Gasteiger partial charge in [0.1, 0.15) is 5.75 Å². The summed E-state index contributed by atoms with van der Waals surface area (Å²) in [6.45, 7) is 9.31. The molecule has 1 aromatic carbocycles. The molecule has 1 aromatic rings. The van der Waals surface area contributed by atoms with E-state index in [0.29, 0.717) is 18.0 Å². The van der Waals surface area contributed by atoms with Crippen LogP contribution in [0, 0.1) is 18.3 Å². The molecule has 2 unspecified atom stereocenters. The van der Waals surface area contributed by atoms with E-state index in [-0.39, 0.29) is 0 Å². The van der Waals surface area contributed by atoms with Gasteiger partial charge >= 0.3 is 0 Å². The predicted molar refractivity (Wildman–Crippen MR) is 81.2 cm³/mol. The van der Waals surface area contributed by atoms with Crippen molar-refractivity contribution in [3.05, 3.63) is 29.8 Å². The average Bonchev–Trinajstić information content (AvgIpc) is 2.37. The minimum Gasteiger partial charge on any atom is -0.493 e. The molecule has 0 saturated heterocycles. The lowest BCUT2D eigenvalue weighted by Gasteiger charge is -2.19. The zero-order valence-corrected chi connectivity index (χ0v) is 12.4. The van der Waals surface area contributed by atoms with E-state index in [9.17, 15) is 0 Å². The van der Waals surface area contributed by atoms with Gasteiger partial charge in [-0.25, -0.2) is 0 Å². The molecule has 2 heteroatoms. The van der Waals surface area contributed by atoms with Gasteiger partial charge in [0.05, 0.1) is 6.61 Å². The minimum absolute atomic E-state index is 0.294. The van der Waals surface area contributed by atoms with Crippen molar-refractivity contribution in [2.75, 3.05) is 6.61 Å². The number of hydrogen-bond acceptors (Lipinski definition) is 2. The van der Waals surface area contributed by atoms with Crippen molar-refractivity contribution >= 4 is 0 Å². The highest BCUT2D eigenvalue weighted by molar-refractivity contribution is 5.29. The van der Waals surface area contributed by atoms with Crippen molar-refractivity contribution in [2.45, 2.75) is 46.2 Å². The fourth-order valence-electron chi connectivity index (χ4n) is 1.87. The van der Waals surface area contributed by atoms with Gasteiger partial charge in [-0.05, 0) is 37.5 Å². The number of rotatable bonds is 7. The second-order valence-corrected chi connectivity index (χ2v) is 5.47. The Hall–Kier alpha value is -1.46. The van der Waals surface area contributed by atoms with E-state index >= 15 is 0 Å². The van der Waals surface area contributed by atoms with Crippen LogP contribution in [0.3, 0.4) is 0 Å². The van der Waals surface area contributed by atoms with E-state index < -0.39 is 0 Å². The molecule has 2 nitrogen and oxygen atoms in total. The molecule has 0 spiro atoms. The summed E-state index contributed by atoms with van der Waals surface area (Å²) in [4.78, 5) is 0. The van der Waals surface area contributed by atoms with Crippen LogP contribution in [0.4, 0.5) is 0 Å². The van der Waals surface area contributed by atoms with Crippen molar-refractivity contribution < 1.29 is 4.74 Å². The lowest BCUT2D eigenvalue weighted by molar-refractivity contribution is 0.271. The number of nitrogens with one attached hydrogen (secondary N) is 1. The van der Waals surface area contributed by atoms with E-state index in [4.69, 9.17) is 11.2 Å². The second-order valence-electron chi connectivity index (χ2n) is 5.47. The Morgan fingerprint density at radius 2 is 1.79 bits per heavy atom. The Bertz CT molecular complexity index is 402. The van der Waals surface area contributed by atoms with E-state index in [1.807, 2.05) is 12.1 Å². The summed E-state index contributed by atoms with van der Waals surface area (Å²) >= 11 is 0. The van der Waals surface area contributed by atoms with Crippen LogP contribution < -0.4 is 10.1 Å². The topological polar surface area (TPSA) is 21.3 Å². The number of hydrogen-bond donors (Lipinski definition) is 1. The Morgan fingerprint density at radius 3 is 2.32 bits per heavy atom. The lowest BCUT2D eigenvalue weighted by atomic mass is 10.1. The molecule has 0 amide bonds. The van der Waals surface area contributed by atoms with Gasteiger partial charge in [0.2, 0.25) is 0 Å². The molecule has 0 aliphatic carbocycles. The van der Waals surface area contributed by atoms with Crippen LogP contribution in [-0.2, 0) is 0 Å². The number of benzene rings is 1. The predicted octanol–water partition coefficient (Wildman–Crippen LogP) is 3.78. The Balaban J connectivity index is 2.53. The van der Waals surface area contributed by atoms with E-state index in [1.54, 1.807) is 0 Å². The molecule has 0 aromatic heterocycles. The molecule has 0 bridgehead atoms. The lowest BCUT2D eigenvalue weighted by Crippen LogP contribution is -2.28. The van der Waals surface area contributed by atoms with Gasteiger partial charge in [0.25, 0.3) is 0 Å². The molecule has 1 rings (SSSR count). The van der Waals surface area contributed by atoms with Crippen molar-refractivity contribution in [1.29, 1.82) is 0 Å². The maximum absolute atomic E-state index is 5.67. The van der Waals surface area contributed by atoms with Gasteiger partial charge in [-0.15, -0.1) is 12.3 Å². The SMILES string of the molecule is C#CCC(C)NC(C)c1ccc(OCC(C)C)cc1. The molecule has 0 aliphatic heterocycles. The molecule has 104 valence electrons. The minimum atomic E-state index is 0.294. The van der Waals surface area contributed by atoms with Gasteiger partial charge in [-0.2, -0.15) is 0 Å². The van der Waals surface area contributed by atoms with Gasteiger partial charge in [-0.1, -0.05) is 26.0 Å². The monoisotopic (exact) mass is 259 g/mol. The quantitative estimate of drug-likeness (QED) is 0.752. The molecule has 19 heavy (non-hydrogen) atoms. The summed E-state index contributed by atoms with van der Waals surface area (Å²) in [5.74, 6) is 4.16. The van der Waals surface area contributed by atoms with E-state index in [1.165, 1.54) is 5.56 Å². The molecule has 0 radical (unpaired) electrons. The van der Waals surface area contributed by atoms with Crippen molar-refractivity contribution in [3.63, 3.8) is 0 Å². The Morgan fingerprint density at radius 1 is 1.16 bits per heavy atom. The fourth-order valence-corrected chi connectivity index (χ4v) is 1.87. The average molecular weight is 259 g/mol. The van der Waals surface area contributed by atoms with Gasteiger partial charge in [-0.3, -0.25) is 0 Å². The fraction of sp³-hybridized carbons (Fsp3) is 0.529. The molecule has 0 fully saturated rings. The first kappa shape index (κ1) is 15.6. The first-order chi connectivity index (χ1) is 9.02. The molecule has 0 heterocycles. The maximum atomic E-state index is 5.67. The first-order valence-corrected chi connectivity index (χ1v) is 6.95. The van der Waals surface area contributed by atoms with Crippen molar-refractivity contribution in [3.8, 4) is 18.1 Å². The second kappa shape index (κ2) is 7.86. The summed E-state index contributed by atoms with van der Waals surface area (Å²) in [7, 11) is 0. The van der Waals surface area contributed by atoms with Crippen molar-refractivity contribution in [2.24, 2.45) is 5.92 Å². The highest BCUT2D eigenvalue weighted by atomic mass is 16.5. The van der Waals surface area contributed by atoms with E-state index in [2.05, 4.69) is 51.1 Å². The summed E-state index contributed by atoms with van der Waals surface area (Å²) in [6, 6.07) is 8.90. The zero-order chi connectivity index (χ0) is 14.3. The largest absolute Gasteiger partial charge is 0.493 e. The summed E-state index contributed by atoms with van der Waals surface area (Å²) in [5, 5.41) is 3.48. The third-order valence-corrected chi connectivity index (χ3v) is 2.92. The number of ether oxygens (including phenoxy) is 1. The van der Waals surface area contributed by atoms with Crippen LogP contribution >= 0.6 is 0 Å². The van der Waals surface area contributed by atoms with Gasteiger partial charge in [0, 0.05) is 18.5 Å². The molecular weight excluding hydrogens is 234 g/mol. The summed E-state index contributed by atoms with van der Waals surface area (Å²) < 4.78 is 5.67. The zero-order valence-electron chi connectivity index (χ0n) is 12.4. The molecule has 0 saturated carbocycles. The first-order valence-electron chi connectivity index (χ1n) is 6.95. The number of terminal acetylenes is 1. The Labute approximate surface area is 117 Å². The molecule has 2 atom stereocenters. The van der Waals surface area contributed by atoms with Crippen LogP contribution in [-0.4, -0.2) is 12.6 Å². The third-order valence-electron chi connectivity index (χ3n) is 2.92. The smallest absolute Gasteiger partial charge is 0.119 e. The maximum Gasteiger partial charge on any atom is 0.119 e. The van der Waals surface area contributed by atoms with Crippen molar-refractivity contribution in [1.82, 2.24) is 5.32 Å². The molecular formula is C17H25NO. The van der Waals surface area contributed by atoms with Crippen LogP contribution in [0.5, 0.6) is 5.75 Å². The normalized spacial score (nSPS) is 13.9. The Kier molecular flexibility index (Phi) is 6.45. The van der Waals surface area contributed by atoms with Crippen LogP contribution in [0.15, 0.2) is 24.3 Å². The summed E-state index contributed by atoms with van der Waals surface area (Å²) in [5.41, 5.74) is 1.25. The van der Waals surface area contributed by atoms with Crippen LogP contribution in [0.1, 0.15) is 45.7 Å². The molecule has 1 N–H and O–H groups in total. The highest BCUT2D eigenvalue weighted by Gasteiger charge is 2.08. The van der Waals surface area contributed by atoms with Crippen LogP contribution in [0.2, 0.25) is 0 Å². The summed E-state index contributed by atoms with van der Waals surface area (Å²) in [6.07, 6.45) is 6.06.